The van der Waals surface area contributed by atoms with Gasteiger partial charge in [-0.05, 0) is 37.1 Å². The summed E-state index contributed by atoms with van der Waals surface area (Å²) in [5, 5.41) is 0. The molecule has 0 aliphatic heterocycles. The van der Waals surface area contributed by atoms with Gasteiger partial charge in [-0.3, -0.25) is 4.79 Å². The van der Waals surface area contributed by atoms with E-state index in [0.29, 0.717) is 13.0 Å². The average Bonchev–Trinajstić information content (AvgIpc) is 2.86. The summed E-state index contributed by atoms with van der Waals surface area (Å²) in [5.41, 5.74) is 4.47. The number of nitrogens with zero attached hydrogens (tertiary/aromatic N) is 2. The van der Waals surface area contributed by atoms with Gasteiger partial charge in [-0.2, -0.15) is 4.99 Å². The number of fused-ring (bicyclic) bond motifs is 1. The number of rotatable bonds is 4. The zero-order valence-electron chi connectivity index (χ0n) is 14.0. The summed E-state index contributed by atoms with van der Waals surface area (Å²) in [7, 11) is 0. The molecule has 3 rings (SSSR count). The number of allylic oxidation sites excluding steroid dienone is 1. The second-order valence-corrected chi connectivity index (χ2v) is 6.93. The second-order valence-electron chi connectivity index (χ2n) is 5.92. The van der Waals surface area contributed by atoms with Gasteiger partial charge >= 0.3 is 0 Å². The van der Waals surface area contributed by atoms with E-state index in [4.69, 9.17) is 0 Å². The fourth-order valence-corrected chi connectivity index (χ4v) is 3.75. The van der Waals surface area contributed by atoms with E-state index in [1.165, 1.54) is 11.1 Å². The normalized spacial score (nSPS) is 11.8. The first-order valence-electron chi connectivity index (χ1n) is 7.91. The maximum atomic E-state index is 12.4. The minimum absolute atomic E-state index is 0.125. The Morgan fingerprint density at radius 2 is 1.88 bits per heavy atom. The lowest BCUT2D eigenvalue weighted by Crippen LogP contribution is -2.16. The van der Waals surface area contributed by atoms with Gasteiger partial charge in [0.2, 0.25) is 0 Å². The van der Waals surface area contributed by atoms with Crippen molar-refractivity contribution in [3.63, 3.8) is 0 Å². The SMILES string of the molecule is C=CCn1c(=NC(=O)Cc2ccc(C)cc2)sc2cc(C)ccc21. The molecule has 122 valence electrons. The monoisotopic (exact) mass is 336 g/mol. The Balaban J connectivity index is 1.98. The molecule has 0 unspecified atom stereocenters. The highest BCUT2D eigenvalue weighted by molar-refractivity contribution is 7.16. The molecule has 0 radical (unpaired) electrons. The summed E-state index contributed by atoms with van der Waals surface area (Å²) in [6.45, 7) is 8.55. The Labute approximate surface area is 145 Å². The van der Waals surface area contributed by atoms with Gasteiger partial charge in [-0.1, -0.05) is 53.3 Å². The number of aromatic nitrogens is 1. The van der Waals surface area contributed by atoms with Crippen LogP contribution in [0.3, 0.4) is 0 Å². The largest absolute Gasteiger partial charge is 0.313 e. The van der Waals surface area contributed by atoms with Crippen molar-refractivity contribution >= 4 is 27.5 Å². The Morgan fingerprint density at radius 1 is 1.17 bits per heavy atom. The molecule has 24 heavy (non-hydrogen) atoms. The Kier molecular flexibility index (Phi) is 4.76. The second kappa shape index (κ2) is 6.97. The first kappa shape index (κ1) is 16.4. The summed E-state index contributed by atoms with van der Waals surface area (Å²) < 4.78 is 3.18. The zero-order chi connectivity index (χ0) is 17.1. The topological polar surface area (TPSA) is 34.4 Å². The van der Waals surface area contributed by atoms with Crippen LogP contribution in [0, 0.1) is 13.8 Å². The first-order valence-corrected chi connectivity index (χ1v) is 8.72. The predicted octanol–water partition coefficient (Wildman–Crippen LogP) is 4.18. The quantitative estimate of drug-likeness (QED) is 0.658. The number of hydrogen-bond acceptors (Lipinski definition) is 2. The molecule has 3 nitrogen and oxygen atoms in total. The Bertz CT molecular complexity index is 961. The summed E-state index contributed by atoms with van der Waals surface area (Å²) in [6.07, 6.45) is 2.15. The van der Waals surface area contributed by atoms with Gasteiger partial charge in [0.1, 0.15) is 0 Å². The number of thiazole rings is 1. The van der Waals surface area contributed by atoms with Crippen LogP contribution in [0.25, 0.3) is 10.2 Å². The zero-order valence-corrected chi connectivity index (χ0v) is 14.8. The van der Waals surface area contributed by atoms with E-state index >= 15 is 0 Å². The van der Waals surface area contributed by atoms with Gasteiger partial charge in [-0.15, -0.1) is 6.58 Å². The molecule has 0 saturated carbocycles. The summed E-state index contributed by atoms with van der Waals surface area (Å²) in [4.78, 5) is 17.5. The van der Waals surface area contributed by atoms with Crippen LogP contribution in [0.15, 0.2) is 60.1 Å². The number of hydrogen-bond donors (Lipinski definition) is 0. The summed E-state index contributed by atoms with van der Waals surface area (Å²) in [5.74, 6) is -0.125. The molecule has 4 heteroatoms. The third-order valence-corrected chi connectivity index (χ3v) is 4.89. The Morgan fingerprint density at radius 3 is 2.58 bits per heavy atom. The lowest BCUT2D eigenvalue weighted by atomic mass is 10.1. The molecule has 1 amide bonds. The van der Waals surface area contributed by atoms with Crippen LogP contribution in [-0.4, -0.2) is 10.5 Å². The van der Waals surface area contributed by atoms with Crippen LogP contribution in [0.1, 0.15) is 16.7 Å². The summed E-state index contributed by atoms with van der Waals surface area (Å²) >= 11 is 1.55. The minimum atomic E-state index is -0.125. The minimum Gasteiger partial charge on any atom is -0.313 e. The molecule has 0 atom stereocenters. The first-order chi connectivity index (χ1) is 11.6. The Hall–Kier alpha value is -2.46. The summed E-state index contributed by atoms with van der Waals surface area (Å²) in [6, 6.07) is 14.3. The molecule has 0 N–H and O–H groups in total. The smallest absolute Gasteiger partial charge is 0.252 e. The van der Waals surface area contributed by atoms with E-state index in [2.05, 4.69) is 36.7 Å². The number of amides is 1. The highest BCUT2D eigenvalue weighted by Crippen LogP contribution is 2.19. The van der Waals surface area contributed by atoms with Crippen molar-refractivity contribution in [2.45, 2.75) is 26.8 Å². The van der Waals surface area contributed by atoms with Crippen molar-refractivity contribution < 1.29 is 4.79 Å². The maximum absolute atomic E-state index is 12.4. The molecular formula is C20H20N2OS. The van der Waals surface area contributed by atoms with Crippen molar-refractivity contribution in [3.8, 4) is 0 Å². The average molecular weight is 336 g/mol. The van der Waals surface area contributed by atoms with E-state index in [9.17, 15) is 4.79 Å². The fraction of sp³-hybridized carbons (Fsp3) is 0.200. The van der Waals surface area contributed by atoms with Crippen molar-refractivity contribution in [1.82, 2.24) is 4.57 Å². The third-order valence-electron chi connectivity index (χ3n) is 3.85. The molecule has 0 aliphatic rings. The number of aryl methyl sites for hydroxylation is 2. The van der Waals surface area contributed by atoms with Crippen LogP contribution >= 0.6 is 11.3 Å². The van der Waals surface area contributed by atoms with Gasteiger partial charge in [0.05, 0.1) is 16.6 Å². The standard InChI is InChI=1S/C20H20N2OS/c1-4-11-22-17-10-7-15(3)12-18(17)24-20(22)21-19(23)13-16-8-5-14(2)6-9-16/h4-10,12H,1,11,13H2,2-3H3. The molecule has 1 heterocycles. The maximum Gasteiger partial charge on any atom is 0.252 e. The van der Waals surface area contributed by atoms with Crippen molar-refractivity contribution in [2.24, 2.45) is 4.99 Å². The van der Waals surface area contributed by atoms with E-state index in [1.807, 2.05) is 41.8 Å². The number of benzene rings is 2. The predicted molar refractivity (Wildman–Crippen MR) is 100 cm³/mol. The molecule has 0 spiro atoms. The van der Waals surface area contributed by atoms with Crippen LogP contribution in [0.4, 0.5) is 0 Å². The lowest BCUT2D eigenvalue weighted by molar-refractivity contribution is -0.117. The van der Waals surface area contributed by atoms with Crippen LogP contribution in [0.2, 0.25) is 0 Å². The fourth-order valence-electron chi connectivity index (χ4n) is 2.60. The van der Waals surface area contributed by atoms with Crippen molar-refractivity contribution in [1.29, 1.82) is 0 Å². The van der Waals surface area contributed by atoms with E-state index in [-0.39, 0.29) is 5.91 Å². The highest BCUT2D eigenvalue weighted by atomic mass is 32.1. The van der Waals surface area contributed by atoms with Crippen LogP contribution in [0.5, 0.6) is 0 Å². The molecule has 0 aliphatic carbocycles. The van der Waals surface area contributed by atoms with Gasteiger partial charge in [0, 0.05) is 6.54 Å². The van der Waals surface area contributed by atoms with Crippen molar-refractivity contribution in [3.05, 3.63) is 76.6 Å². The van der Waals surface area contributed by atoms with E-state index in [1.54, 1.807) is 11.3 Å². The number of carbonyl (C=O) groups excluding carboxylic acids is 1. The lowest BCUT2D eigenvalue weighted by Gasteiger charge is -2.01. The van der Waals surface area contributed by atoms with Gasteiger partial charge in [-0.25, -0.2) is 0 Å². The van der Waals surface area contributed by atoms with Gasteiger partial charge in [0.15, 0.2) is 4.80 Å². The number of carbonyl (C=O) groups is 1. The van der Waals surface area contributed by atoms with Crippen molar-refractivity contribution in [2.75, 3.05) is 0 Å². The van der Waals surface area contributed by atoms with E-state index < -0.39 is 0 Å². The highest BCUT2D eigenvalue weighted by Gasteiger charge is 2.08. The molecule has 1 aromatic heterocycles. The molecule has 0 saturated heterocycles. The van der Waals surface area contributed by atoms with Gasteiger partial charge < -0.3 is 4.57 Å². The molecule has 0 bridgehead atoms. The van der Waals surface area contributed by atoms with E-state index in [0.717, 1.165) is 20.6 Å². The molecule has 3 aromatic rings. The van der Waals surface area contributed by atoms with Gasteiger partial charge in [0.25, 0.3) is 5.91 Å². The molecular weight excluding hydrogens is 316 g/mol. The third kappa shape index (κ3) is 3.54. The van der Waals surface area contributed by atoms with Crippen LogP contribution in [-0.2, 0) is 17.8 Å². The molecule has 0 fully saturated rings. The van der Waals surface area contributed by atoms with Crippen LogP contribution < -0.4 is 4.80 Å². The molecule has 2 aromatic carbocycles.